The summed E-state index contributed by atoms with van der Waals surface area (Å²) in [4.78, 5) is 12.5. The number of hydrogen-bond donors (Lipinski definition) is 0. The molecule has 0 unspecified atom stereocenters. The van der Waals surface area contributed by atoms with Gasteiger partial charge < -0.3 is 4.57 Å². The summed E-state index contributed by atoms with van der Waals surface area (Å²) in [6, 6.07) is 7.75. The van der Waals surface area contributed by atoms with Crippen LogP contribution in [0.25, 0.3) is 16.6 Å². The lowest BCUT2D eigenvalue weighted by Crippen LogP contribution is -2.18. The lowest BCUT2D eigenvalue weighted by molar-refractivity contribution is 0.672. The van der Waals surface area contributed by atoms with E-state index in [-0.39, 0.29) is 5.56 Å². The molecule has 0 fully saturated rings. The number of nitrogens with zero attached hydrogens (tertiary/aromatic N) is 3. The predicted molar refractivity (Wildman–Crippen MR) is 74.6 cm³/mol. The molecule has 4 nitrogen and oxygen atoms in total. The summed E-state index contributed by atoms with van der Waals surface area (Å²) in [6.07, 6.45) is 4.39. The fourth-order valence-corrected chi connectivity index (χ4v) is 3.20. The summed E-state index contributed by atoms with van der Waals surface area (Å²) in [6.45, 7) is 0. The zero-order valence-corrected chi connectivity index (χ0v) is 10.9. The van der Waals surface area contributed by atoms with E-state index in [0.29, 0.717) is 0 Å². The first-order valence-corrected chi connectivity index (χ1v) is 6.75. The van der Waals surface area contributed by atoms with Crippen LogP contribution in [-0.2, 0) is 19.9 Å². The Labute approximate surface area is 110 Å². The molecule has 1 aliphatic carbocycles. The largest absolute Gasteiger partial charge is 0.328 e. The Kier molecular flexibility index (Phi) is 2.10. The second-order valence-corrected chi connectivity index (χ2v) is 5.25. The summed E-state index contributed by atoms with van der Waals surface area (Å²) in [7, 11) is 2.02. The first-order valence-electron chi connectivity index (χ1n) is 6.75. The van der Waals surface area contributed by atoms with Crippen LogP contribution in [0.1, 0.15) is 24.1 Å². The van der Waals surface area contributed by atoms with Crippen molar-refractivity contribution in [1.82, 2.24) is 14.2 Å². The summed E-state index contributed by atoms with van der Waals surface area (Å²) in [5, 5.41) is 5.28. The topological polar surface area (TPSA) is 39.3 Å². The molecule has 3 aromatic rings. The van der Waals surface area contributed by atoms with Gasteiger partial charge in [0.15, 0.2) is 0 Å². The van der Waals surface area contributed by atoms with Crippen molar-refractivity contribution in [2.24, 2.45) is 7.05 Å². The van der Waals surface area contributed by atoms with Crippen LogP contribution in [0.5, 0.6) is 0 Å². The van der Waals surface area contributed by atoms with E-state index in [2.05, 4.69) is 9.67 Å². The van der Waals surface area contributed by atoms with Crippen molar-refractivity contribution in [3.63, 3.8) is 0 Å². The maximum atomic E-state index is 12.5. The minimum absolute atomic E-state index is 0.00176. The van der Waals surface area contributed by atoms with Crippen LogP contribution >= 0.6 is 0 Å². The third-order valence-electron chi connectivity index (χ3n) is 4.14. The zero-order chi connectivity index (χ0) is 13.0. The Balaban J connectivity index is 2.28. The van der Waals surface area contributed by atoms with E-state index in [9.17, 15) is 4.79 Å². The first kappa shape index (κ1) is 10.8. The Hall–Kier alpha value is -2.10. The van der Waals surface area contributed by atoms with Crippen molar-refractivity contribution < 1.29 is 0 Å². The fraction of sp³-hybridized carbons (Fsp3) is 0.333. The van der Waals surface area contributed by atoms with E-state index in [1.165, 1.54) is 18.4 Å². The Morgan fingerprint density at radius 2 is 1.95 bits per heavy atom. The number of fused-ring (bicyclic) bond motifs is 4. The smallest absolute Gasteiger partial charge is 0.282 e. The molecule has 0 atom stereocenters. The molecule has 96 valence electrons. The second-order valence-electron chi connectivity index (χ2n) is 5.25. The molecule has 0 amide bonds. The second kappa shape index (κ2) is 3.70. The van der Waals surface area contributed by atoms with E-state index >= 15 is 0 Å². The predicted octanol–water partition coefficient (Wildman–Crippen LogP) is 2.06. The van der Waals surface area contributed by atoms with Gasteiger partial charge in [0.05, 0.1) is 16.6 Å². The fourth-order valence-electron chi connectivity index (χ4n) is 3.20. The number of aryl methyl sites for hydroxylation is 3. The molecule has 0 N–H and O–H groups in total. The molecule has 1 aromatic carbocycles. The van der Waals surface area contributed by atoms with Gasteiger partial charge in [-0.2, -0.15) is 9.61 Å². The summed E-state index contributed by atoms with van der Waals surface area (Å²) >= 11 is 0. The maximum Gasteiger partial charge on any atom is 0.282 e. The SMILES string of the molecule is Cn1c2ccccc2c(=O)n2nc3c(c12)CCCC3. The normalized spacial score (nSPS) is 15.0. The van der Waals surface area contributed by atoms with E-state index in [1.807, 2.05) is 31.3 Å². The van der Waals surface area contributed by atoms with Gasteiger partial charge in [-0.1, -0.05) is 12.1 Å². The van der Waals surface area contributed by atoms with Crippen molar-refractivity contribution in [1.29, 1.82) is 0 Å². The van der Waals surface area contributed by atoms with Gasteiger partial charge in [0.1, 0.15) is 5.65 Å². The van der Waals surface area contributed by atoms with Crippen molar-refractivity contribution >= 4 is 16.6 Å². The van der Waals surface area contributed by atoms with E-state index < -0.39 is 0 Å². The van der Waals surface area contributed by atoms with Gasteiger partial charge in [-0.15, -0.1) is 0 Å². The summed E-state index contributed by atoms with van der Waals surface area (Å²) < 4.78 is 3.70. The van der Waals surface area contributed by atoms with Crippen molar-refractivity contribution in [3.8, 4) is 0 Å². The van der Waals surface area contributed by atoms with Gasteiger partial charge in [0, 0.05) is 12.6 Å². The quantitative estimate of drug-likeness (QED) is 0.615. The molecule has 2 heterocycles. The highest BCUT2D eigenvalue weighted by Gasteiger charge is 2.20. The van der Waals surface area contributed by atoms with Gasteiger partial charge >= 0.3 is 0 Å². The molecule has 2 aromatic heterocycles. The van der Waals surface area contributed by atoms with Gasteiger partial charge in [-0.3, -0.25) is 4.79 Å². The molecule has 1 aliphatic rings. The third-order valence-corrected chi connectivity index (χ3v) is 4.14. The summed E-state index contributed by atoms with van der Waals surface area (Å²) in [5.41, 5.74) is 4.32. The van der Waals surface area contributed by atoms with E-state index in [4.69, 9.17) is 0 Å². The molecular formula is C15H15N3O. The standard InChI is InChI=1S/C15H15N3O/c1-17-13-9-5-3-7-11(13)15(19)18-14(17)10-6-2-4-8-12(10)16-18/h3,5,7,9H,2,4,6,8H2,1H3. The Bertz CT molecular complexity index is 857. The van der Waals surface area contributed by atoms with Crippen LogP contribution in [0.4, 0.5) is 0 Å². The minimum Gasteiger partial charge on any atom is -0.328 e. The molecular weight excluding hydrogens is 238 g/mol. The first-order chi connectivity index (χ1) is 9.27. The van der Waals surface area contributed by atoms with Gasteiger partial charge in [-0.25, -0.2) is 0 Å². The number of benzene rings is 1. The maximum absolute atomic E-state index is 12.5. The molecule has 0 aliphatic heterocycles. The van der Waals surface area contributed by atoms with Crippen LogP contribution in [0, 0.1) is 0 Å². The number of para-hydroxylation sites is 1. The number of aromatic nitrogens is 3. The molecule has 0 saturated heterocycles. The highest BCUT2D eigenvalue weighted by atomic mass is 16.1. The average Bonchev–Trinajstić information content (AvgIpc) is 2.84. The minimum atomic E-state index is -0.00176. The Morgan fingerprint density at radius 3 is 2.84 bits per heavy atom. The third kappa shape index (κ3) is 1.34. The molecule has 0 bridgehead atoms. The zero-order valence-electron chi connectivity index (χ0n) is 10.9. The number of rotatable bonds is 0. The lowest BCUT2D eigenvalue weighted by atomic mass is 9.98. The molecule has 0 radical (unpaired) electrons. The molecule has 4 heteroatoms. The van der Waals surface area contributed by atoms with Crippen LogP contribution in [0.3, 0.4) is 0 Å². The van der Waals surface area contributed by atoms with Crippen molar-refractivity contribution in [2.45, 2.75) is 25.7 Å². The van der Waals surface area contributed by atoms with E-state index in [0.717, 1.165) is 35.1 Å². The lowest BCUT2D eigenvalue weighted by Gasteiger charge is -2.11. The highest BCUT2D eigenvalue weighted by Crippen LogP contribution is 2.25. The van der Waals surface area contributed by atoms with Gasteiger partial charge in [-0.05, 0) is 37.8 Å². The van der Waals surface area contributed by atoms with Crippen LogP contribution in [0.15, 0.2) is 29.1 Å². The van der Waals surface area contributed by atoms with Crippen molar-refractivity contribution in [2.75, 3.05) is 0 Å². The summed E-state index contributed by atoms with van der Waals surface area (Å²) in [5.74, 6) is 0. The monoisotopic (exact) mass is 253 g/mol. The van der Waals surface area contributed by atoms with Crippen LogP contribution < -0.4 is 5.56 Å². The van der Waals surface area contributed by atoms with E-state index in [1.54, 1.807) is 4.52 Å². The molecule has 0 saturated carbocycles. The molecule has 4 rings (SSSR count). The highest BCUT2D eigenvalue weighted by molar-refractivity contribution is 5.81. The van der Waals surface area contributed by atoms with Gasteiger partial charge in [0.2, 0.25) is 0 Å². The van der Waals surface area contributed by atoms with Crippen LogP contribution in [0.2, 0.25) is 0 Å². The average molecular weight is 253 g/mol. The number of hydrogen-bond acceptors (Lipinski definition) is 2. The van der Waals surface area contributed by atoms with Crippen LogP contribution in [-0.4, -0.2) is 14.2 Å². The van der Waals surface area contributed by atoms with Crippen molar-refractivity contribution in [3.05, 3.63) is 45.9 Å². The Morgan fingerprint density at radius 1 is 1.16 bits per heavy atom. The molecule has 0 spiro atoms. The molecule has 19 heavy (non-hydrogen) atoms. The van der Waals surface area contributed by atoms with Gasteiger partial charge in [0.25, 0.3) is 5.56 Å².